The minimum absolute atomic E-state index is 0.245. The number of nitrogens with two attached hydrogens (primary N) is 1. The maximum atomic E-state index is 6.08. The van der Waals surface area contributed by atoms with Gasteiger partial charge in [0.1, 0.15) is 0 Å². The second-order valence-electron chi connectivity index (χ2n) is 4.72. The molecule has 0 spiro atoms. The summed E-state index contributed by atoms with van der Waals surface area (Å²) in [6.07, 6.45) is 1.28. The largest absolute Gasteiger partial charge is 0.324 e. The first-order valence-electron chi connectivity index (χ1n) is 4.61. The van der Waals surface area contributed by atoms with Crippen molar-refractivity contribution in [3.05, 3.63) is 0 Å². The molecule has 2 rings (SSSR count). The number of piperidine rings is 1. The van der Waals surface area contributed by atoms with Crippen LogP contribution >= 0.6 is 0 Å². The molecule has 0 aromatic rings. The average Bonchev–Trinajstić information content (AvgIpc) is 2.30. The standard InChI is InChI=1S/C9H18N2/c1-7(2)4-11-5-8-3-9(8,10)6-11/h7-8H,3-6,10H2,1-2H3. The highest BCUT2D eigenvalue weighted by molar-refractivity contribution is 5.15. The third-order valence-corrected chi connectivity index (χ3v) is 2.90. The quantitative estimate of drug-likeness (QED) is 0.633. The Morgan fingerprint density at radius 1 is 1.64 bits per heavy atom. The molecule has 0 amide bonds. The van der Waals surface area contributed by atoms with Crippen LogP contribution in [0.1, 0.15) is 20.3 Å². The predicted octanol–water partition coefficient (Wildman–Crippen LogP) is 0.675. The van der Waals surface area contributed by atoms with Gasteiger partial charge in [-0.15, -0.1) is 0 Å². The van der Waals surface area contributed by atoms with Crippen molar-refractivity contribution in [2.24, 2.45) is 17.6 Å². The van der Waals surface area contributed by atoms with Crippen LogP contribution in [0.25, 0.3) is 0 Å². The zero-order chi connectivity index (χ0) is 8.06. The summed E-state index contributed by atoms with van der Waals surface area (Å²) in [6, 6.07) is 0. The molecule has 2 atom stereocenters. The van der Waals surface area contributed by atoms with Crippen LogP contribution in [0.5, 0.6) is 0 Å². The van der Waals surface area contributed by atoms with Gasteiger partial charge in [-0.1, -0.05) is 13.8 Å². The first-order valence-corrected chi connectivity index (χ1v) is 4.61. The molecule has 2 heteroatoms. The van der Waals surface area contributed by atoms with Gasteiger partial charge >= 0.3 is 0 Å². The maximum Gasteiger partial charge on any atom is 0.0328 e. The summed E-state index contributed by atoms with van der Waals surface area (Å²) in [7, 11) is 0. The van der Waals surface area contributed by atoms with Gasteiger partial charge in [-0.3, -0.25) is 0 Å². The van der Waals surface area contributed by atoms with Gasteiger partial charge in [-0.05, 0) is 18.3 Å². The highest BCUT2D eigenvalue weighted by atomic mass is 15.2. The maximum absolute atomic E-state index is 6.08. The molecule has 0 radical (unpaired) electrons. The lowest BCUT2D eigenvalue weighted by molar-refractivity contribution is 0.266. The molecule has 1 heterocycles. The van der Waals surface area contributed by atoms with E-state index in [4.69, 9.17) is 5.73 Å². The van der Waals surface area contributed by atoms with E-state index in [2.05, 4.69) is 18.7 Å². The lowest BCUT2D eigenvalue weighted by Crippen LogP contribution is -2.35. The number of fused-ring (bicyclic) bond motifs is 1. The first kappa shape index (κ1) is 7.56. The molecule has 1 aliphatic heterocycles. The average molecular weight is 154 g/mol. The molecular weight excluding hydrogens is 136 g/mol. The predicted molar refractivity (Wildman–Crippen MR) is 46.3 cm³/mol. The van der Waals surface area contributed by atoms with Crippen molar-refractivity contribution in [1.29, 1.82) is 0 Å². The Balaban J connectivity index is 1.83. The fraction of sp³-hybridized carbons (Fsp3) is 1.00. The van der Waals surface area contributed by atoms with E-state index in [1.54, 1.807) is 0 Å². The second-order valence-corrected chi connectivity index (χ2v) is 4.72. The lowest BCUT2D eigenvalue weighted by atomic mass is 10.2. The fourth-order valence-corrected chi connectivity index (χ4v) is 2.29. The first-order chi connectivity index (χ1) is 5.10. The fourth-order valence-electron chi connectivity index (χ4n) is 2.29. The van der Waals surface area contributed by atoms with Gasteiger partial charge < -0.3 is 10.6 Å². The zero-order valence-electron chi connectivity index (χ0n) is 7.51. The Labute approximate surface area is 68.7 Å². The Kier molecular flexibility index (Phi) is 1.52. The van der Waals surface area contributed by atoms with E-state index in [-0.39, 0.29) is 5.54 Å². The van der Waals surface area contributed by atoms with E-state index < -0.39 is 0 Å². The van der Waals surface area contributed by atoms with Gasteiger partial charge in [0.25, 0.3) is 0 Å². The van der Waals surface area contributed by atoms with Crippen LogP contribution in [-0.2, 0) is 0 Å². The van der Waals surface area contributed by atoms with Crippen molar-refractivity contribution < 1.29 is 0 Å². The Morgan fingerprint density at radius 2 is 2.36 bits per heavy atom. The molecular formula is C9H18N2. The molecule has 2 nitrogen and oxygen atoms in total. The number of hydrogen-bond donors (Lipinski definition) is 1. The van der Waals surface area contributed by atoms with E-state index in [1.807, 2.05) is 0 Å². The monoisotopic (exact) mass is 154 g/mol. The summed E-state index contributed by atoms with van der Waals surface area (Å²) in [5, 5.41) is 0. The molecule has 2 unspecified atom stereocenters. The molecule has 0 aromatic heterocycles. The van der Waals surface area contributed by atoms with Gasteiger partial charge in [0.2, 0.25) is 0 Å². The lowest BCUT2D eigenvalue weighted by Gasteiger charge is -2.20. The van der Waals surface area contributed by atoms with Crippen molar-refractivity contribution in [1.82, 2.24) is 4.90 Å². The third kappa shape index (κ3) is 1.30. The minimum atomic E-state index is 0.245. The van der Waals surface area contributed by atoms with Crippen molar-refractivity contribution in [3.8, 4) is 0 Å². The van der Waals surface area contributed by atoms with Gasteiger partial charge in [0.15, 0.2) is 0 Å². The van der Waals surface area contributed by atoms with E-state index in [9.17, 15) is 0 Å². The van der Waals surface area contributed by atoms with E-state index in [0.717, 1.165) is 18.4 Å². The second kappa shape index (κ2) is 2.20. The van der Waals surface area contributed by atoms with Crippen LogP contribution in [0.4, 0.5) is 0 Å². The Bertz CT molecular complexity index is 165. The summed E-state index contributed by atoms with van der Waals surface area (Å²) in [5.74, 6) is 1.62. The molecule has 64 valence electrons. The molecule has 0 aromatic carbocycles. The summed E-state index contributed by atoms with van der Waals surface area (Å²) in [6.45, 7) is 8.18. The van der Waals surface area contributed by atoms with Gasteiger partial charge in [-0.25, -0.2) is 0 Å². The third-order valence-electron chi connectivity index (χ3n) is 2.90. The van der Waals surface area contributed by atoms with Crippen molar-refractivity contribution >= 4 is 0 Å². The summed E-state index contributed by atoms with van der Waals surface area (Å²) in [5.41, 5.74) is 6.32. The topological polar surface area (TPSA) is 29.3 Å². The van der Waals surface area contributed by atoms with Crippen LogP contribution in [-0.4, -0.2) is 30.1 Å². The van der Waals surface area contributed by atoms with E-state index in [1.165, 1.54) is 19.5 Å². The van der Waals surface area contributed by atoms with Gasteiger partial charge in [-0.2, -0.15) is 0 Å². The summed E-state index contributed by atoms with van der Waals surface area (Å²) in [4.78, 5) is 2.51. The number of hydrogen-bond acceptors (Lipinski definition) is 2. The number of rotatable bonds is 2. The molecule has 1 saturated heterocycles. The van der Waals surface area contributed by atoms with Crippen LogP contribution in [0, 0.1) is 11.8 Å². The van der Waals surface area contributed by atoms with Crippen molar-refractivity contribution in [2.75, 3.05) is 19.6 Å². The molecule has 0 bridgehead atoms. The SMILES string of the molecule is CC(C)CN1CC2CC2(N)C1. The Hall–Kier alpha value is -0.0800. The Morgan fingerprint density at radius 3 is 2.82 bits per heavy atom. The molecule has 11 heavy (non-hydrogen) atoms. The summed E-state index contributed by atoms with van der Waals surface area (Å²) >= 11 is 0. The van der Waals surface area contributed by atoms with Crippen LogP contribution in [0.2, 0.25) is 0 Å². The van der Waals surface area contributed by atoms with Gasteiger partial charge in [0.05, 0.1) is 0 Å². The minimum Gasteiger partial charge on any atom is -0.324 e. The zero-order valence-corrected chi connectivity index (χ0v) is 7.51. The molecule has 1 saturated carbocycles. The summed E-state index contributed by atoms with van der Waals surface area (Å²) < 4.78 is 0. The van der Waals surface area contributed by atoms with Crippen LogP contribution in [0.15, 0.2) is 0 Å². The molecule has 1 aliphatic carbocycles. The van der Waals surface area contributed by atoms with Gasteiger partial charge in [0, 0.05) is 25.2 Å². The van der Waals surface area contributed by atoms with E-state index >= 15 is 0 Å². The molecule has 2 N–H and O–H groups in total. The smallest absolute Gasteiger partial charge is 0.0328 e. The molecule has 2 aliphatic rings. The normalized spacial score (nSPS) is 43.1. The van der Waals surface area contributed by atoms with Crippen LogP contribution < -0.4 is 5.73 Å². The van der Waals surface area contributed by atoms with Crippen molar-refractivity contribution in [3.63, 3.8) is 0 Å². The number of likely N-dealkylation sites (tertiary alicyclic amines) is 1. The van der Waals surface area contributed by atoms with Crippen LogP contribution in [0.3, 0.4) is 0 Å². The number of nitrogens with zero attached hydrogens (tertiary/aromatic N) is 1. The molecule has 2 fully saturated rings. The highest BCUT2D eigenvalue weighted by Gasteiger charge is 2.56. The highest BCUT2D eigenvalue weighted by Crippen LogP contribution is 2.47. The van der Waals surface area contributed by atoms with Crippen molar-refractivity contribution in [2.45, 2.75) is 25.8 Å². The van der Waals surface area contributed by atoms with E-state index in [0.29, 0.717) is 0 Å².